The molecule has 21 heavy (non-hydrogen) atoms. The van der Waals surface area contributed by atoms with Crippen LogP contribution in [0, 0.1) is 11.3 Å². The van der Waals surface area contributed by atoms with Gasteiger partial charge >= 0.3 is 0 Å². The van der Waals surface area contributed by atoms with E-state index in [4.69, 9.17) is 0 Å². The Balaban J connectivity index is 2.37. The maximum absolute atomic E-state index is 10.1. The SMILES string of the molecule is C/C1=C\[C@@H](O)C/C(C)=C/C[C@]2(C)CCC(C(C)C)=C2CC1. The lowest BCUT2D eigenvalue weighted by atomic mass is 9.76. The Hall–Kier alpha value is -0.820. The fourth-order valence-corrected chi connectivity index (χ4v) is 4.03. The summed E-state index contributed by atoms with van der Waals surface area (Å²) in [5.74, 6) is 0.673. The minimum atomic E-state index is -0.314. The second-order valence-electron chi connectivity index (χ2n) is 7.76. The molecular weight excluding hydrogens is 256 g/mol. The average Bonchev–Trinajstić information content (AvgIpc) is 2.70. The van der Waals surface area contributed by atoms with Gasteiger partial charge in [0.1, 0.15) is 0 Å². The molecular formula is C20H32O. The lowest BCUT2D eigenvalue weighted by Crippen LogP contribution is -2.15. The second kappa shape index (κ2) is 6.52. The van der Waals surface area contributed by atoms with Gasteiger partial charge in [-0.05, 0) is 63.7 Å². The van der Waals surface area contributed by atoms with E-state index in [1.54, 1.807) is 11.1 Å². The maximum atomic E-state index is 10.1. The molecule has 2 aliphatic rings. The van der Waals surface area contributed by atoms with E-state index in [2.05, 4.69) is 46.8 Å². The zero-order chi connectivity index (χ0) is 15.6. The average molecular weight is 288 g/mol. The molecule has 1 heteroatoms. The van der Waals surface area contributed by atoms with E-state index in [0.717, 1.165) is 19.3 Å². The zero-order valence-corrected chi connectivity index (χ0v) is 14.5. The predicted octanol–water partition coefficient (Wildman–Crippen LogP) is 5.57. The van der Waals surface area contributed by atoms with Crippen LogP contribution in [0.1, 0.15) is 73.1 Å². The first-order chi connectivity index (χ1) is 9.82. The summed E-state index contributed by atoms with van der Waals surface area (Å²) in [6.45, 7) is 11.5. The van der Waals surface area contributed by atoms with E-state index in [1.807, 2.05) is 0 Å². The van der Waals surface area contributed by atoms with Gasteiger partial charge in [-0.1, -0.05) is 55.2 Å². The van der Waals surface area contributed by atoms with Gasteiger partial charge in [-0.15, -0.1) is 0 Å². The van der Waals surface area contributed by atoms with Gasteiger partial charge < -0.3 is 5.11 Å². The Kier molecular flexibility index (Phi) is 5.14. The van der Waals surface area contributed by atoms with Crippen molar-refractivity contribution < 1.29 is 5.11 Å². The Morgan fingerprint density at radius 3 is 2.52 bits per heavy atom. The van der Waals surface area contributed by atoms with Crippen LogP contribution in [0.4, 0.5) is 0 Å². The van der Waals surface area contributed by atoms with Crippen molar-refractivity contribution in [3.63, 3.8) is 0 Å². The van der Waals surface area contributed by atoms with Crippen LogP contribution in [0.2, 0.25) is 0 Å². The molecule has 0 radical (unpaired) electrons. The number of aliphatic hydroxyl groups is 1. The number of rotatable bonds is 1. The molecule has 0 saturated carbocycles. The van der Waals surface area contributed by atoms with Crippen LogP contribution in [-0.2, 0) is 0 Å². The molecule has 2 atom stereocenters. The predicted molar refractivity (Wildman–Crippen MR) is 91.2 cm³/mol. The minimum Gasteiger partial charge on any atom is -0.389 e. The molecule has 0 spiro atoms. The Morgan fingerprint density at radius 1 is 1.14 bits per heavy atom. The number of hydrogen-bond acceptors (Lipinski definition) is 1. The fraction of sp³-hybridized carbons (Fsp3) is 0.700. The molecule has 0 saturated heterocycles. The number of fused-ring (bicyclic) bond motifs is 1. The van der Waals surface area contributed by atoms with E-state index in [1.165, 1.54) is 30.4 Å². The quantitative estimate of drug-likeness (QED) is 0.626. The number of aliphatic hydroxyl groups excluding tert-OH is 1. The zero-order valence-electron chi connectivity index (χ0n) is 14.5. The first-order valence-electron chi connectivity index (χ1n) is 8.55. The van der Waals surface area contributed by atoms with Crippen LogP contribution in [0.25, 0.3) is 0 Å². The topological polar surface area (TPSA) is 20.2 Å². The number of allylic oxidation sites excluding steroid dienone is 4. The van der Waals surface area contributed by atoms with Crippen molar-refractivity contribution >= 4 is 0 Å². The van der Waals surface area contributed by atoms with Crippen molar-refractivity contribution in [3.8, 4) is 0 Å². The van der Waals surface area contributed by atoms with Crippen LogP contribution in [0.3, 0.4) is 0 Å². The molecule has 0 aromatic carbocycles. The molecule has 2 rings (SSSR count). The molecule has 0 bridgehead atoms. The highest BCUT2D eigenvalue weighted by Crippen LogP contribution is 2.50. The molecule has 0 aromatic heterocycles. The summed E-state index contributed by atoms with van der Waals surface area (Å²) < 4.78 is 0. The van der Waals surface area contributed by atoms with Crippen molar-refractivity contribution in [2.24, 2.45) is 11.3 Å². The second-order valence-corrected chi connectivity index (χ2v) is 7.76. The summed E-state index contributed by atoms with van der Waals surface area (Å²) >= 11 is 0. The van der Waals surface area contributed by atoms with Gasteiger partial charge in [0, 0.05) is 0 Å². The lowest BCUT2D eigenvalue weighted by Gasteiger charge is -2.28. The van der Waals surface area contributed by atoms with Gasteiger partial charge in [-0.25, -0.2) is 0 Å². The van der Waals surface area contributed by atoms with E-state index in [-0.39, 0.29) is 6.10 Å². The normalized spacial score (nSPS) is 36.6. The molecule has 0 aromatic rings. The Morgan fingerprint density at radius 2 is 1.86 bits per heavy atom. The van der Waals surface area contributed by atoms with Crippen molar-refractivity contribution in [1.29, 1.82) is 0 Å². The highest BCUT2D eigenvalue weighted by Gasteiger charge is 2.36. The van der Waals surface area contributed by atoms with E-state index in [9.17, 15) is 5.11 Å². The van der Waals surface area contributed by atoms with Gasteiger partial charge in [0.2, 0.25) is 0 Å². The van der Waals surface area contributed by atoms with Gasteiger partial charge in [0.15, 0.2) is 0 Å². The Labute approximate surface area is 130 Å². The Bertz CT molecular complexity index is 478. The summed E-state index contributed by atoms with van der Waals surface area (Å²) in [6.07, 6.45) is 10.9. The summed E-state index contributed by atoms with van der Waals surface area (Å²) in [4.78, 5) is 0. The minimum absolute atomic E-state index is 0.314. The summed E-state index contributed by atoms with van der Waals surface area (Å²) in [5, 5.41) is 10.1. The smallest absolute Gasteiger partial charge is 0.0760 e. The first-order valence-corrected chi connectivity index (χ1v) is 8.55. The van der Waals surface area contributed by atoms with Gasteiger partial charge in [0.05, 0.1) is 6.10 Å². The molecule has 0 heterocycles. The first kappa shape index (κ1) is 16.5. The highest BCUT2D eigenvalue weighted by molar-refractivity contribution is 5.31. The van der Waals surface area contributed by atoms with Crippen molar-refractivity contribution in [1.82, 2.24) is 0 Å². The van der Waals surface area contributed by atoms with Crippen LogP contribution >= 0.6 is 0 Å². The summed E-state index contributed by atoms with van der Waals surface area (Å²) in [6, 6.07) is 0. The molecule has 2 aliphatic carbocycles. The third-order valence-corrected chi connectivity index (χ3v) is 5.44. The molecule has 1 N–H and O–H groups in total. The fourth-order valence-electron chi connectivity index (χ4n) is 4.03. The molecule has 0 unspecified atom stereocenters. The number of hydrogen-bond donors (Lipinski definition) is 1. The van der Waals surface area contributed by atoms with Crippen LogP contribution in [0.15, 0.2) is 34.4 Å². The standard InChI is InChI=1S/C20H32O/c1-14(2)18-9-11-20(5)10-8-16(4)13-17(21)12-15(3)6-7-19(18)20/h8,12,14,17,21H,6-7,9-11,13H2,1-5H3/b15-12+,16-8+/t17-,20-/m1/s1. The molecule has 0 fully saturated rings. The van der Waals surface area contributed by atoms with Crippen LogP contribution < -0.4 is 0 Å². The summed E-state index contributed by atoms with van der Waals surface area (Å²) in [5.41, 5.74) is 6.42. The lowest BCUT2D eigenvalue weighted by molar-refractivity contribution is 0.222. The molecule has 0 amide bonds. The monoisotopic (exact) mass is 288 g/mol. The molecule has 118 valence electrons. The largest absolute Gasteiger partial charge is 0.389 e. The molecule has 0 aliphatic heterocycles. The summed E-state index contributed by atoms with van der Waals surface area (Å²) in [7, 11) is 0. The van der Waals surface area contributed by atoms with Crippen molar-refractivity contribution in [2.45, 2.75) is 79.2 Å². The molecule has 1 nitrogen and oxygen atoms in total. The van der Waals surface area contributed by atoms with Crippen LogP contribution in [-0.4, -0.2) is 11.2 Å². The maximum Gasteiger partial charge on any atom is 0.0760 e. The van der Waals surface area contributed by atoms with Gasteiger partial charge in [-0.2, -0.15) is 0 Å². The van der Waals surface area contributed by atoms with Gasteiger partial charge in [0.25, 0.3) is 0 Å². The third-order valence-electron chi connectivity index (χ3n) is 5.44. The van der Waals surface area contributed by atoms with E-state index < -0.39 is 0 Å². The van der Waals surface area contributed by atoms with Crippen molar-refractivity contribution in [3.05, 3.63) is 34.4 Å². The van der Waals surface area contributed by atoms with Crippen LogP contribution in [0.5, 0.6) is 0 Å². The van der Waals surface area contributed by atoms with E-state index >= 15 is 0 Å². The van der Waals surface area contributed by atoms with Crippen molar-refractivity contribution in [2.75, 3.05) is 0 Å². The third kappa shape index (κ3) is 3.88. The van der Waals surface area contributed by atoms with Gasteiger partial charge in [-0.3, -0.25) is 0 Å². The van der Waals surface area contributed by atoms with E-state index in [0.29, 0.717) is 11.3 Å². The highest BCUT2D eigenvalue weighted by atomic mass is 16.3.